The fraction of sp³-hybridized carbons (Fsp3) is 0.0588. The zero-order valence-electron chi connectivity index (χ0n) is 12.6. The van der Waals surface area contributed by atoms with Crippen LogP contribution in [-0.2, 0) is 4.79 Å². The van der Waals surface area contributed by atoms with Crippen molar-refractivity contribution in [2.24, 2.45) is 0 Å². The fourth-order valence-electron chi connectivity index (χ4n) is 1.80. The van der Waals surface area contributed by atoms with Crippen molar-refractivity contribution >= 4 is 40.5 Å². The number of hydrogen-bond acceptors (Lipinski definition) is 4. The van der Waals surface area contributed by atoms with Crippen LogP contribution in [0.5, 0.6) is 5.75 Å². The molecule has 0 saturated carbocycles. The Labute approximate surface area is 149 Å². The number of carbonyl (C=O) groups excluding carboxylic acids is 1. The molecule has 2 aromatic rings. The molecule has 2 rings (SSSR count). The Bertz CT molecular complexity index is 791. The number of methoxy groups -OCH3 is 1. The SMILES string of the molecule is COc1ccc(NC(=O)/C(C#N)=C\Nc2c(Cl)cccc2Cl)cc1. The van der Waals surface area contributed by atoms with Gasteiger partial charge >= 0.3 is 0 Å². The second kappa shape index (κ2) is 8.25. The van der Waals surface area contributed by atoms with Gasteiger partial charge < -0.3 is 15.4 Å². The fourth-order valence-corrected chi connectivity index (χ4v) is 2.31. The van der Waals surface area contributed by atoms with E-state index in [0.717, 1.165) is 0 Å². The third-order valence-electron chi connectivity index (χ3n) is 3.04. The number of nitrogens with zero attached hydrogens (tertiary/aromatic N) is 1. The molecule has 24 heavy (non-hydrogen) atoms. The standard InChI is InChI=1S/C17H13Cl2N3O2/c1-24-13-7-5-12(6-8-13)22-17(23)11(9-20)10-21-16-14(18)3-2-4-15(16)19/h2-8,10,21H,1H3,(H,22,23)/b11-10-. The third-order valence-corrected chi connectivity index (χ3v) is 3.67. The Balaban J connectivity index is 2.12. The Morgan fingerprint density at radius 3 is 2.33 bits per heavy atom. The predicted octanol–water partition coefficient (Wildman–Crippen LogP) is 4.46. The number of nitriles is 1. The molecule has 0 unspecified atom stereocenters. The molecule has 0 heterocycles. The molecule has 0 spiro atoms. The van der Waals surface area contributed by atoms with Crippen LogP contribution in [0, 0.1) is 11.3 Å². The minimum absolute atomic E-state index is 0.123. The van der Waals surface area contributed by atoms with Gasteiger partial charge in [0.25, 0.3) is 5.91 Å². The average Bonchev–Trinajstić information content (AvgIpc) is 2.58. The summed E-state index contributed by atoms with van der Waals surface area (Å²) in [4.78, 5) is 12.2. The largest absolute Gasteiger partial charge is 0.497 e. The first-order chi connectivity index (χ1) is 11.5. The lowest BCUT2D eigenvalue weighted by Crippen LogP contribution is -2.14. The number of anilines is 2. The van der Waals surface area contributed by atoms with Gasteiger partial charge in [-0.25, -0.2) is 0 Å². The number of hydrogen-bond donors (Lipinski definition) is 2. The first-order valence-electron chi connectivity index (χ1n) is 6.81. The van der Waals surface area contributed by atoms with Crippen LogP contribution in [0.15, 0.2) is 54.2 Å². The van der Waals surface area contributed by atoms with Gasteiger partial charge in [-0.05, 0) is 36.4 Å². The first-order valence-corrected chi connectivity index (χ1v) is 7.57. The molecule has 0 bridgehead atoms. The molecule has 2 aromatic carbocycles. The van der Waals surface area contributed by atoms with E-state index in [4.69, 9.17) is 33.2 Å². The van der Waals surface area contributed by atoms with Crippen molar-refractivity contribution in [3.8, 4) is 11.8 Å². The maximum Gasteiger partial charge on any atom is 0.267 e. The topological polar surface area (TPSA) is 74.1 Å². The molecule has 5 nitrogen and oxygen atoms in total. The van der Waals surface area contributed by atoms with E-state index in [1.54, 1.807) is 49.6 Å². The number of halogens is 2. The maximum atomic E-state index is 12.2. The normalized spacial score (nSPS) is 10.7. The number of ether oxygens (including phenoxy) is 1. The second-order valence-electron chi connectivity index (χ2n) is 4.59. The molecule has 0 radical (unpaired) electrons. The summed E-state index contributed by atoms with van der Waals surface area (Å²) in [5.74, 6) is 0.109. The van der Waals surface area contributed by atoms with Gasteiger partial charge in [0.15, 0.2) is 0 Å². The van der Waals surface area contributed by atoms with Crippen LogP contribution in [0.4, 0.5) is 11.4 Å². The molecule has 0 fully saturated rings. The number of benzene rings is 2. The van der Waals surface area contributed by atoms with Gasteiger partial charge in [-0.3, -0.25) is 4.79 Å². The Hall–Kier alpha value is -2.68. The molecule has 0 atom stereocenters. The highest BCUT2D eigenvalue weighted by molar-refractivity contribution is 6.39. The summed E-state index contributed by atoms with van der Waals surface area (Å²) in [6, 6.07) is 13.6. The summed E-state index contributed by atoms with van der Waals surface area (Å²) in [5.41, 5.74) is 0.838. The number of amides is 1. The highest BCUT2D eigenvalue weighted by Crippen LogP contribution is 2.29. The number of para-hydroxylation sites is 1. The Morgan fingerprint density at radius 2 is 1.79 bits per heavy atom. The molecule has 1 amide bonds. The van der Waals surface area contributed by atoms with Crippen molar-refractivity contribution in [3.05, 3.63) is 64.3 Å². The maximum absolute atomic E-state index is 12.2. The van der Waals surface area contributed by atoms with Gasteiger partial charge in [-0.15, -0.1) is 0 Å². The van der Waals surface area contributed by atoms with Gasteiger partial charge in [0.05, 0.1) is 22.8 Å². The molecule has 7 heteroatoms. The molecule has 2 N–H and O–H groups in total. The van der Waals surface area contributed by atoms with Crippen molar-refractivity contribution in [1.29, 1.82) is 5.26 Å². The lowest BCUT2D eigenvalue weighted by molar-refractivity contribution is -0.112. The van der Waals surface area contributed by atoms with E-state index in [-0.39, 0.29) is 5.57 Å². The van der Waals surface area contributed by atoms with Crippen LogP contribution in [0.1, 0.15) is 0 Å². The highest BCUT2D eigenvalue weighted by Gasteiger charge is 2.10. The van der Waals surface area contributed by atoms with E-state index in [9.17, 15) is 4.79 Å². The molecule has 0 aromatic heterocycles. The summed E-state index contributed by atoms with van der Waals surface area (Å²) in [7, 11) is 1.55. The van der Waals surface area contributed by atoms with Crippen molar-refractivity contribution in [2.75, 3.05) is 17.7 Å². The summed E-state index contributed by atoms with van der Waals surface area (Å²) in [5, 5.41) is 15.3. The zero-order chi connectivity index (χ0) is 17.5. The monoisotopic (exact) mass is 361 g/mol. The second-order valence-corrected chi connectivity index (χ2v) is 5.41. The molecule has 0 aliphatic rings. The summed E-state index contributed by atoms with van der Waals surface area (Å²) in [6.07, 6.45) is 1.26. The minimum Gasteiger partial charge on any atom is -0.497 e. The van der Waals surface area contributed by atoms with Gasteiger partial charge in [-0.2, -0.15) is 5.26 Å². The average molecular weight is 362 g/mol. The van der Waals surface area contributed by atoms with Gasteiger partial charge in [0.1, 0.15) is 17.4 Å². The van der Waals surface area contributed by atoms with Gasteiger partial charge in [0, 0.05) is 11.9 Å². The highest BCUT2D eigenvalue weighted by atomic mass is 35.5. The van der Waals surface area contributed by atoms with E-state index in [2.05, 4.69) is 10.6 Å². The van der Waals surface area contributed by atoms with E-state index < -0.39 is 5.91 Å². The Kier molecular flexibility index (Phi) is 6.07. The summed E-state index contributed by atoms with van der Waals surface area (Å²) >= 11 is 12.0. The van der Waals surface area contributed by atoms with Crippen molar-refractivity contribution in [1.82, 2.24) is 0 Å². The number of rotatable bonds is 5. The predicted molar refractivity (Wildman–Crippen MR) is 95.4 cm³/mol. The van der Waals surface area contributed by atoms with E-state index in [1.807, 2.05) is 6.07 Å². The van der Waals surface area contributed by atoms with Crippen molar-refractivity contribution in [3.63, 3.8) is 0 Å². The van der Waals surface area contributed by atoms with E-state index in [1.165, 1.54) is 6.20 Å². The number of nitrogens with one attached hydrogen (secondary N) is 2. The lowest BCUT2D eigenvalue weighted by atomic mass is 10.2. The first kappa shape index (κ1) is 17.7. The lowest BCUT2D eigenvalue weighted by Gasteiger charge is -2.08. The van der Waals surface area contributed by atoms with Gasteiger partial charge in [-0.1, -0.05) is 29.3 Å². The van der Waals surface area contributed by atoms with Crippen LogP contribution in [0.3, 0.4) is 0 Å². The molecule has 0 aliphatic heterocycles. The van der Waals surface area contributed by atoms with E-state index in [0.29, 0.717) is 27.2 Å². The smallest absolute Gasteiger partial charge is 0.267 e. The summed E-state index contributed by atoms with van der Waals surface area (Å²) in [6.45, 7) is 0. The molecular weight excluding hydrogens is 349 g/mol. The molecular formula is C17H13Cl2N3O2. The van der Waals surface area contributed by atoms with Crippen LogP contribution < -0.4 is 15.4 Å². The quantitative estimate of drug-likeness (QED) is 0.608. The Morgan fingerprint density at radius 1 is 1.17 bits per heavy atom. The molecule has 0 aliphatic carbocycles. The zero-order valence-corrected chi connectivity index (χ0v) is 14.2. The third kappa shape index (κ3) is 4.42. The summed E-state index contributed by atoms with van der Waals surface area (Å²) < 4.78 is 5.04. The molecule has 122 valence electrons. The van der Waals surface area contributed by atoms with E-state index >= 15 is 0 Å². The van der Waals surface area contributed by atoms with Crippen LogP contribution in [0.25, 0.3) is 0 Å². The van der Waals surface area contributed by atoms with Crippen LogP contribution in [0.2, 0.25) is 10.0 Å². The van der Waals surface area contributed by atoms with Crippen molar-refractivity contribution in [2.45, 2.75) is 0 Å². The van der Waals surface area contributed by atoms with Crippen LogP contribution >= 0.6 is 23.2 Å². The molecule has 0 saturated heterocycles. The van der Waals surface area contributed by atoms with Crippen molar-refractivity contribution < 1.29 is 9.53 Å². The minimum atomic E-state index is -0.557. The van der Waals surface area contributed by atoms with Gasteiger partial charge in [0.2, 0.25) is 0 Å². The number of carbonyl (C=O) groups is 1. The van der Waals surface area contributed by atoms with Crippen LogP contribution in [-0.4, -0.2) is 13.0 Å².